The Balaban J connectivity index is 4.56. The van der Waals surface area contributed by atoms with Crippen molar-refractivity contribution in [3.05, 3.63) is 0 Å². The van der Waals surface area contributed by atoms with Crippen LogP contribution < -0.4 is 16.0 Å². The number of carbonyl (C=O) groups excluding carboxylic acids is 4. The van der Waals surface area contributed by atoms with Crippen molar-refractivity contribution in [3.8, 4) is 0 Å². The predicted molar refractivity (Wildman–Crippen MR) is 268 cm³/mol. The van der Waals surface area contributed by atoms with E-state index in [4.69, 9.17) is 14.2 Å². The maximum absolute atomic E-state index is 13.0. The van der Waals surface area contributed by atoms with Crippen LogP contribution in [0, 0.1) is 0 Å². The van der Waals surface area contributed by atoms with Gasteiger partial charge in [0.05, 0.1) is 30.3 Å². The van der Waals surface area contributed by atoms with Crippen LogP contribution in [0.2, 0.25) is 0 Å². The molecule has 1 unspecified atom stereocenters. The summed E-state index contributed by atoms with van der Waals surface area (Å²) >= 11 is 0. The number of rotatable bonds is 48. The van der Waals surface area contributed by atoms with Gasteiger partial charge in [0.15, 0.2) is 0 Å². The quantitative estimate of drug-likeness (QED) is 0.0409. The van der Waals surface area contributed by atoms with E-state index in [9.17, 15) is 19.2 Å². The highest BCUT2D eigenvalue weighted by atomic mass is 16.5. The summed E-state index contributed by atoms with van der Waals surface area (Å²) in [4.78, 5) is 51.0. The fourth-order valence-electron chi connectivity index (χ4n) is 7.91. The normalized spacial score (nSPS) is 12.3. The van der Waals surface area contributed by atoms with Gasteiger partial charge < -0.3 is 30.2 Å². The highest BCUT2D eigenvalue weighted by Crippen LogP contribution is 2.19. The number of carbonyl (C=O) groups is 4. The zero-order valence-electron chi connectivity index (χ0n) is 43.2. The average molecular weight is 908 g/mol. The van der Waals surface area contributed by atoms with Crippen LogP contribution in [-0.2, 0) is 33.4 Å². The molecule has 3 N–H and O–H groups in total. The van der Waals surface area contributed by atoms with E-state index < -0.39 is 17.6 Å². The van der Waals surface area contributed by atoms with Gasteiger partial charge in [0, 0.05) is 39.5 Å². The van der Waals surface area contributed by atoms with Crippen molar-refractivity contribution in [3.63, 3.8) is 0 Å². The number of hydrogen-bond acceptors (Lipinski definition) is 7. The smallest absolute Gasteiger partial charge is 0.306 e. The van der Waals surface area contributed by atoms with Crippen LogP contribution in [-0.4, -0.2) is 74.3 Å². The molecule has 0 saturated heterocycles. The molecule has 0 fully saturated rings. The molecule has 0 saturated carbocycles. The first-order valence-corrected chi connectivity index (χ1v) is 27.0. The van der Waals surface area contributed by atoms with Gasteiger partial charge in [0.25, 0.3) is 0 Å². The topological polar surface area (TPSA) is 132 Å². The fraction of sp³-hybridized carbons (Fsp3) is 0.926. The zero-order valence-corrected chi connectivity index (χ0v) is 43.2. The first kappa shape index (κ1) is 61.8. The molecule has 0 aromatic heterocycles. The number of hydrogen-bond donors (Lipinski definition) is 3. The summed E-state index contributed by atoms with van der Waals surface area (Å²) in [6, 6.07) is -0.539. The average Bonchev–Trinajstić information content (AvgIpc) is 3.26. The predicted octanol–water partition coefficient (Wildman–Crippen LogP) is 13.6. The second kappa shape index (κ2) is 43.4. The summed E-state index contributed by atoms with van der Waals surface area (Å²) in [7, 11) is 1.69. The van der Waals surface area contributed by atoms with Gasteiger partial charge in [0.2, 0.25) is 17.7 Å². The van der Waals surface area contributed by atoms with Crippen LogP contribution in [0.4, 0.5) is 0 Å². The summed E-state index contributed by atoms with van der Waals surface area (Å²) in [6.07, 6.45) is 40.4. The van der Waals surface area contributed by atoms with Gasteiger partial charge in [-0.05, 0) is 53.4 Å². The van der Waals surface area contributed by atoms with Gasteiger partial charge in [0.1, 0.15) is 6.61 Å². The Morgan fingerprint density at radius 3 is 1.27 bits per heavy atom. The van der Waals surface area contributed by atoms with E-state index in [-0.39, 0.29) is 49.3 Å². The second-order valence-corrected chi connectivity index (χ2v) is 20.1. The first-order chi connectivity index (χ1) is 30.8. The molecular weight excluding hydrogens is 803 g/mol. The van der Waals surface area contributed by atoms with Crippen molar-refractivity contribution in [2.45, 2.75) is 290 Å². The van der Waals surface area contributed by atoms with Gasteiger partial charge in [-0.15, -0.1) is 0 Å². The maximum Gasteiger partial charge on any atom is 0.306 e. The van der Waals surface area contributed by atoms with E-state index in [0.717, 1.165) is 44.9 Å². The zero-order chi connectivity index (χ0) is 47.4. The molecular formula is C54H105N3O7. The van der Waals surface area contributed by atoms with E-state index >= 15 is 0 Å². The SMILES string of the molecule is CCCCCCCCCCCCCCCCCC(=O)NCC(COC(=O)CCC(=O)NCCC(C)(C)OCCC(C)(C)OC)NC(=O)CCCCCCCCCCCCCCCCC. The lowest BCUT2D eigenvalue weighted by molar-refractivity contribution is -0.146. The summed E-state index contributed by atoms with van der Waals surface area (Å²) in [6.45, 7) is 13.7. The highest BCUT2D eigenvalue weighted by Gasteiger charge is 2.22. The second-order valence-electron chi connectivity index (χ2n) is 20.1. The van der Waals surface area contributed by atoms with Crippen LogP contribution >= 0.6 is 0 Å². The molecule has 378 valence electrons. The lowest BCUT2D eigenvalue weighted by Crippen LogP contribution is -2.46. The minimum Gasteiger partial charge on any atom is -0.463 e. The number of ether oxygens (including phenoxy) is 3. The Kier molecular flexibility index (Phi) is 41.9. The summed E-state index contributed by atoms with van der Waals surface area (Å²) in [5.74, 6) is -0.883. The highest BCUT2D eigenvalue weighted by molar-refractivity contribution is 5.81. The van der Waals surface area contributed by atoms with Crippen LogP contribution in [0.25, 0.3) is 0 Å². The number of amides is 3. The minimum absolute atomic E-state index is 0.00829. The summed E-state index contributed by atoms with van der Waals surface area (Å²) in [5, 5.41) is 8.85. The number of nitrogens with one attached hydrogen (secondary N) is 3. The molecule has 3 amide bonds. The Labute approximate surface area is 395 Å². The summed E-state index contributed by atoms with van der Waals surface area (Å²) < 4.78 is 17.0. The van der Waals surface area contributed by atoms with Crippen LogP contribution in [0.5, 0.6) is 0 Å². The van der Waals surface area contributed by atoms with Crippen LogP contribution in [0.1, 0.15) is 273 Å². The first-order valence-electron chi connectivity index (χ1n) is 27.0. The molecule has 64 heavy (non-hydrogen) atoms. The molecule has 0 bridgehead atoms. The van der Waals surface area contributed by atoms with Gasteiger partial charge in [-0.3, -0.25) is 19.2 Å². The molecule has 0 rings (SSSR count). The standard InChI is InChI=1S/C54H105N3O7/c1-8-10-12-14-16-18-20-22-24-26-28-30-32-34-36-38-49(58)56-46-48(57-51(60)39-37-35-33-31-29-27-25-23-21-19-17-15-13-11-9-2)47-63-52(61)41-40-50(59)55-44-42-54(5,6)64-45-43-53(3,4)62-7/h48H,8-47H2,1-7H3,(H,55,59)(H,56,58)(H,57,60). The van der Waals surface area contributed by atoms with E-state index in [1.54, 1.807) is 7.11 Å². The van der Waals surface area contributed by atoms with Crippen molar-refractivity contribution in [2.75, 3.05) is 33.4 Å². The fourth-order valence-corrected chi connectivity index (χ4v) is 7.91. The Bertz CT molecular complexity index is 1110. The molecule has 0 aliphatic rings. The number of methoxy groups -OCH3 is 1. The minimum atomic E-state index is -0.539. The van der Waals surface area contributed by atoms with Crippen molar-refractivity contribution in [1.29, 1.82) is 0 Å². The van der Waals surface area contributed by atoms with Crippen molar-refractivity contribution < 1.29 is 33.4 Å². The third-order valence-electron chi connectivity index (χ3n) is 12.7. The van der Waals surface area contributed by atoms with Crippen LogP contribution in [0.3, 0.4) is 0 Å². The van der Waals surface area contributed by atoms with Gasteiger partial charge in [-0.1, -0.05) is 194 Å². The Morgan fingerprint density at radius 1 is 0.453 bits per heavy atom. The van der Waals surface area contributed by atoms with Crippen molar-refractivity contribution in [1.82, 2.24) is 16.0 Å². The van der Waals surface area contributed by atoms with Gasteiger partial charge in [-0.25, -0.2) is 0 Å². The monoisotopic (exact) mass is 908 g/mol. The molecule has 0 aromatic rings. The van der Waals surface area contributed by atoms with E-state index in [1.165, 1.54) is 154 Å². The molecule has 1 atom stereocenters. The number of unbranched alkanes of at least 4 members (excludes halogenated alkanes) is 28. The third-order valence-corrected chi connectivity index (χ3v) is 12.7. The summed E-state index contributed by atoms with van der Waals surface area (Å²) in [5.41, 5.74) is -0.669. The molecule has 10 heteroatoms. The van der Waals surface area contributed by atoms with Gasteiger partial charge >= 0.3 is 5.97 Å². The largest absolute Gasteiger partial charge is 0.463 e. The molecule has 10 nitrogen and oxygen atoms in total. The molecule has 0 heterocycles. The van der Waals surface area contributed by atoms with Crippen molar-refractivity contribution in [2.24, 2.45) is 0 Å². The molecule has 0 radical (unpaired) electrons. The maximum atomic E-state index is 13.0. The van der Waals surface area contributed by atoms with E-state index in [0.29, 0.717) is 32.4 Å². The molecule has 0 aliphatic carbocycles. The van der Waals surface area contributed by atoms with E-state index in [2.05, 4.69) is 29.8 Å². The molecule has 0 aliphatic heterocycles. The Morgan fingerprint density at radius 2 is 0.844 bits per heavy atom. The molecule has 0 spiro atoms. The third kappa shape index (κ3) is 43.7. The van der Waals surface area contributed by atoms with E-state index in [1.807, 2.05) is 27.7 Å². The van der Waals surface area contributed by atoms with Gasteiger partial charge in [-0.2, -0.15) is 0 Å². The van der Waals surface area contributed by atoms with Crippen LogP contribution in [0.15, 0.2) is 0 Å². The Hall–Kier alpha value is -2.20. The molecule has 0 aromatic carbocycles. The number of esters is 1. The lowest BCUT2D eigenvalue weighted by Gasteiger charge is -2.29. The lowest BCUT2D eigenvalue weighted by atomic mass is 10.0. The van der Waals surface area contributed by atoms with Crippen molar-refractivity contribution >= 4 is 23.7 Å².